The first-order chi connectivity index (χ1) is 15.4. The van der Waals surface area contributed by atoms with Crippen LogP contribution >= 0.6 is 0 Å². The fourth-order valence-corrected chi connectivity index (χ4v) is 4.46. The maximum Gasteiger partial charge on any atom is 0.267 e. The largest absolute Gasteiger partial charge is 0.497 e. The van der Waals surface area contributed by atoms with Crippen LogP contribution in [0.3, 0.4) is 0 Å². The zero-order chi connectivity index (χ0) is 22.7. The molecule has 1 amide bonds. The predicted molar refractivity (Wildman–Crippen MR) is 114 cm³/mol. The Morgan fingerprint density at radius 3 is 2.38 bits per heavy atom. The molecular weight excluding hydrogens is 440 g/mol. The minimum atomic E-state index is -3.93. The highest BCUT2D eigenvalue weighted by molar-refractivity contribution is 7.92. The molecule has 1 N–H and O–H groups in total. The minimum Gasteiger partial charge on any atom is -0.497 e. The van der Waals surface area contributed by atoms with Gasteiger partial charge in [-0.25, -0.2) is 8.42 Å². The number of nitrogens with zero attached hydrogens (tertiary/aromatic N) is 1. The van der Waals surface area contributed by atoms with Crippen molar-refractivity contribution in [3.8, 4) is 23.0 Å². The molecule has 4 rings (SSSR count). The van der Waals surface area contributed by atoms with Crippen molar-refractivity contribution in [1.29, 1.82) is 0 Å². The highest BCUT2D eigenvalue weighted by atomic mass is 32.2. The normalized spacial score (nSPS) is 18.1. The zero-order valence-corrected chi connectivity index (χ0v) is 18.5. The Morgan fingerprint density at radius 2 is 1.72 bits per heavy atom. The van der Waals surface area contributed by atoms with Crippen molar-refractivity contribution in [3.05, 3.63) is 36.4 Å². The average molecular weight is 464 g/mol. The average Bonchev–Trinajstić information content (AvgIpc) is 2.82. The molecule has 0 spiro atoms. The van der Waals surface area contributed by atoms with Crippen LogP contribution in [0.15, 0.2) is 41.3 Å². The first-order valence-electron chi connectivity index (χ1n) is 9.95. The summed E-state index contributed by atoms with van der Waals surface area (Å²) in [5.74, 6) is 1.27. The van der Waals surface area contributed by atoms with E-state index in [1.165, 1.54) is 32.4 Å². The molecule has 172 valence electrons. The second-order valence-electron chi connectivity index (χ2n) is 7.17. The zero-order valence-electron chi connectivity index (χ0n) is 17.7. The summed E-state index contributed by atoms with van der Waals surface area (Å²) < 4.78 is 55.4. The Hall–Kier alpha value is -3.18. The minimum absolute atomic E-state index is 0.00674. The molecule has 0 aromatic heterocycles. The van der Waals surface area contributed by atoms with Gasteiger partial charge in [0.25, 0.3) is 15.9 Å². The molecule has 32 heavy (non-hydrogen) atoms. The number of fused-ring (bicyclic) bond motifs is 1. The Kier molecular flexibility index (Phi) is 6.28. The Bertz CT molecular complexity index is 1080. The van der Waals surface area contributed by atoms with E-state index >= 15 is 0 Å². The monoisotopic (exact) mass is 464 g/mol. The standard InChI is InChI=1S/C21H24N2O8S/c1-27-15-9-14(10-16(11-15)28-2)22-32(25,26)17-3-4-18-19(12-17)30-13-20(31-18)21(24)23-5-7-29-8-6-23/h3-4,9-12,20,22H,5-8,13H2,1-2H3/t20-/m1/s1. The topological polar surface area (TPSA) is 113 Å². The van der Waals surface area contributed by atoms with Crippen molar-refractivity contribution in [3.63, 3.8) is 0 Å². The van der Waals surface area contributed by atoms with Gasteiger partial charge in [-0.05, 0) is 12.1 Å². The molecule has 2 aliphatic heterocycles. The third-order valence-corrected chi connectivity index (χ3v) is 6.47. The number of ether oxygens (including phenoxy) is 5. The van der Waals surface area contributed by atoms with Gasteiger partial charge in [-0.15, -0.1) is 0 Å². The molecule has 0 saturated carbocycles. The second kappa shape index (κ2) is 9.13. The highest BCUT2D eigenvalue weighted by Gasteiger charge is 2.32. The SMILES string of the molecule is COc1cc(NS(=O)(=O)c2ccc3c(c2)OC[C@H](C(=O)N2CCOCC2)O3)cc(OC)c1. The van der Waals surface area contributed by atoms with Crippen molar-refractivity contribution in [1.82, 2.24) is 4.90 Å². The smallest absolute Gasteiger partial charge is 0.267 e. The highest BCUT2D eigenvalue weighted by Crippen LogP contribution is 2.35. The first kappa shape index (κ1) is 22.0. The van der Waals surface area contributed by atoms with Crippen LogP contribution in [0.1, 0.15) is 0 Å². The molecule has 2 heterocycles. The van der Waals surface area contributed by atoms with E-state index in [1.807, 2.05) is 0 Å². The van der Waals surface area contributed by atoms with E-state index < -0.39 is 16.1 Å². The van der Waals surface area contributed by atoms with Gasteiger partial charge in [0, 0.05) is 37.4 Å². The summed E-state index contributed by atoms with van der Waals surface area (Å²) in [7, 11) is -0.975. The van der Waals surface area contributed by atoms with E-state index in [2.05, 4.69) is 4.72 Å². The number of hydrogen-bond acceptors (Lipinski definition) is 8. The number of carbonyl (C=O) groups excluding carboxylic acids is 1. The van der Waals surface area contributed by atoms with E-state index in [0.717, 1.165) is 0 Å². The Labute approximate surface area is 186 Å². The molecule has 0 aliphatic carbocycles. The first-order valence-corrected chi connectivity index (χ1v) is 11.4. The lowest BCUT2D eigenvalue weighted by Crippen LogP contribution is -2.50. The van der Waals surface area contributed by atoms with Gasteiger partial charge < -0.3 is 28.6 Å². The van der Waals surface area contributed by atoms with E-state index in [9.17, 15) is 13.2 Å². The van der Waals surface area contributed by atoms with Crippen LogP contribution in [0.5, 0.6) is 23.0 Å². The van der Waals surface area contributed by atoms with Gasteiger partial charge in [-0.1, -0.05) is 0 Å². The lowest BCUT2D eigenvalue weighted by atomic mass is 10.2. The molecule has 0 radical (unpaired) electrons. The Morgan fingerprint density at radius 1 is 1.03 bits per heavy atom. The van der Waals surface area contributed by atoms with E-state index in [-0.39, 0.29) is 28.8 Å². The van der Waals surface area contributed by atoms with Gasteiger partial charge in [-0.2, -0.15) is 0 Å². The number of morpholine rings is 1. The summed E-state index contributed by atoms with van der Waals surface area (Å²) >= 11 is 0. The van der Waals surface area contributed by atoms with Crippen molar-refractivity contribution >= 4 is 21.6 Å². The molecule has 11 heteroatoms. The predicted octanol–water partition coefficient (Wildman–Crippen LogP) is 1.50. The quantitative estimate of drug-likeness (QED) is 0.685. The molecule has 1 atom stereocenters. The molecule has 10 nitrogen and oxygen atoms in total. The number of methoxy groups -OCH3 is 2. The van der Waals surface area contributed by atoms with Crippen LogP contribution in [0.25, 0.3) is 0 Å². The van der Waals surface area contributed by atoms with Crippen LogP contribution in [-0.4, -0.2) is 72.5 Å². The van der Waals surface area contributed by atoms with E-state index in [4.69, 9.17) is 23.7 Å². The number of benzene rings is 2. The third-order valence-electron chi connectivity index (χ3n) is 5.09. The number of sulfonamides is 1. The van der Waals surface area contributed by atoms with Crippen molar-refractivity contribution in [2.24, 2.45) is 0 Å². The summed E-state index contributed by atoms with van der Waals surface area (Å²) in [6, 6.07) is 8.96. The lowest BCUT2D eigenvalue weighted by molar-refractivity contribution is -0.145. The number of amides is 1. The van der Waals surface area contributed by atoms with Gasteiger partial charge in [0.1, 0.15) is 18.1 Å². The van der Waals surface area contributed by atoms with Crippen LogP contribution in [0.4, 0.5) is 5.69 Å². The van der Waals surface area contributed by atoms with Crippen LogP contribution in [-0.2, 0) is 19.6 Å². The van der Waals surface area contributed by atoms with Crippen LogP contribution in [0.2, 0.25) is 0 Å². The van der Waals surface area contributed by atoms with Crippen LogP contribution < -0.4 is 23.7 Å². The van der Waals surface area contributed by atoms with Gasteiger partial charge in [0.2, 0.25) is 6.10 Å². The van der Waals surface area contributed by atoms with Gasteiger partial charge in [0.05, 0.1) is 38.0 Å². The maximum atomic E-state index is 12.9. The number of nitrogens with one attached hydrogen (secondary N) is 1. The van der Waals surface area contributed by atoms with Crippen molar-refractivity contribution < 1.29 is 36.9 Å². The Balaban J connectivity index is 1.50. The fourth-order valence-electron chi connectivity index (χ4n) is 3.41. The molecular formula is C21H24N2O8S. The van der Waals surface area contributed by atoms with Gasteiger partial charge in [-0.3, -0.25) is 9.52 Å². The number of hydrogen-bond donors (Lipinski definition) is 1. The molecule has 2 aromatic carbocycles. The van der Waals surface area contributed by atoms with Crippen molar-refractivity contribution in [2.75, 3.05) is 51.9 Å². The van der Waals surface area contributed by atoms with Crippen LogP contribution in [0, 0.1) is 0 Å². The summed E-state index contributed by atoms with van der Waals surface area (Å²) in [4.78, 5) is 14.3. The van der Waals surface area contributed by atoms with Gasteiger partial charge in [0.15, 0.2) is 11.5 Å². The second-order valence-corrected chi connectivity index (χ2v) is 8.85. The molecule has 0 bridgehead atoms. The fraction of sp³-hybridized carbons (Fsp3) is 0.381. The summed E-state index contributed by atoms with van der Waals surface area (Å²) in [5, 5.41) is 0. The molecule has 1 fully saturated rings. The molecule has 0 unspecified atom stereocenters. The number of anilines is 1. The summed E-state index contributed by atoms with van der Waals surface area (Å²) in [5.41, 5.74) is 0.285. The van der Waals surface area contributed by atoms with E-state index in [0.29, 0.717) is 43.6 Å². The molecule has 2 aromatic rings. The lowest BCUT2D eigenvalue weighted by Gasteiger charge is -2.32. The van der Waals surface area contributed by atoms with E-state index in [1.54, 1.807) is 23.1 Å². The molecule has 2 aliphatic rings. The summed E-state index contributed by atoms with van der Waals surface area (Å²) in [6.45, 7) is 1.98. The maximum absolute atomic E-state index is 12.9. The third kappa shape index (κ3) is 4.68. The van der Waals surface area contributed by atoms with Crippen molar-refractivity contribution in [2.45, 2.75) is 11.0 Å². The molecule has 1 saturated heterocycles. The number of carbonyl (C=O) groups is 1. The summed E-state index contributed by atoms with van der Waals surface area (Å²) in [6.07, 6.45) is -0.787. The number of rotatable bonds is 6. The van der Waals surface area contributed by atoms with Gasteiger partial charge >= 0.3 is 0 Å².